The zero-order valence-electron chi connectivity index (χ0n) is 16.6. The molecule has 1 aromatic heterocycles. The van der Waals surface area contributed by atoms with Crippen molar-refractivity contribution in [3.05, 3.63) is 68.7 Å². The van der Waals surface area contributed by atoms with Crippen LogP contribution in [0.2, 0.25) is 10.0 Å². The Balaban J connectivity index is 1.76. The lowest BCUT2D eigenvalue weighted by Gasteiger charge is -2.20. The predicted molar refractivity (Wildman–Crippen MR) is 118 cm³/mol. The van der Waals surface area contributed by atoms with E-state index in [-0.39, 0.29) is 17.3 Å². The lowest BCUT2D eigenvalue weighted by Crippen LogP contribution is -2.45. The molecule has 0 saturated carbocycles. The monoisotopic (exact) mass is 483 g/mol. The van der Waals surface area contributed by atoms with Crippen LogP contribution in [0.25, 0.3) is 10.9 Å². The van der Waals surface area contributed by atoms with Crippen molar-refractivity contribution in [1.29, 1.82) is 0 Å². The number of nitrogens with one attached hydrogen (secondary N) is 2. The molecule has 2 aromatic carbocycles. The van der Waals surface area contributed by atoms with Gasteiger partial charge in [-0.2, -0.15) is 4.72 Å². The Morgan fingerprint density at radius 1 is 1.13 bits per heavy atom. The van der Waals surface area contributed by atoms with E-state index in [1.807, 2.05) is 0 Å². The second kappa shape index (κ2) is 9.35. The van der Waals surface area contributed by atoms with E-state index in [4.69, 9.17) is 27.9 Å². The molecule has 3 rings (SSSR count). The number of fused-ring (bicyclic) bond motifs is 1. The van der Waals surface area contributed by atoms with Gasteiger partial charge in [-0.1, -0.05) is 37.0 Å². The summed E-state index contributed by atoms with van der Waals surface area (Å²) in [6.45, 7) is 3.01. The number of aromatic amines is 1. The van der Waals surface area contributed by atoms with Crippen molar-refractivity contribution < 1.29 is 17.9 Å². The van der Waals surface area contributed by atoms with Gasteiger partial charge in [-0.3, -0.25) is 9.59 Å². The zero-order chi connectivity index (χ0) is 22.8. The quantitative estimate of drug-likeness (QED) is 0.497. The number of hydrogen-bond donors (Lipinski definition) is 2. The first-order chi connectivity index (χ1) is 14.6. The number of ether oxygens (including phenoxy) is 1. The fourth-order valence-electron chi connectivity index (χ4n) is 2.76. The van der Waals surface area contributed by atoms with Crippen LogP contribution in [-0.2, 0) is 26.2 Å². The maximum Gasteiger partial charge on any atom is 0.324 e. The number of halogens is 2. The summed E-state index contributed by atoms with van der Waals surface area (Å²) < 4.78 is 32.8. The third-order valence-corrected chi connectivity index (χ3v) is 6.34. The lowest BCUT2D eigenvalue weighted by molar-refractivity contribution is -0.148. The highest BCUT2D eigenvalue weighted by Gasteiger charge is 2.30. The van der Waals surface area contributed by atoms with Crippen LogP contribution in [0.4, 0.5) is 0 Å². The standard InChI is InChI=1S/C20H19Cl2N3O5S/c1-11(2)18(25-31(28,29)14-6-3-12(21)4-7-14)20(27)30-10-17-23-16-9-13(22)5-8-15(16)19(26)24-17/h3-9,11,18,25H,10H2,1-2H3,(H,23,24,26)/t18-/m0/s1. The van der Waals surface area contributed by atoms with Gasteiger partial charge in [0.2, 0.25) is 10.0 Å². The van der Waals surface area contributed by atoms with Crippen LogP contribution in [0.1, 0.15) is 19.7 Å². The Bertz CT molecular complexity index is 1270. The molecular formula is C20H19Cl2N3O5S. The van der Waals surface area contributed by atoms with E-state index in [1.54, 1.807) is 26.0 Å². The van der Waals surface area contributed by atoms with Crippen LogP contribution in [0, 0.1) is 5.92 Å². The van der Waals surface area contributed by atoms with Gasteiger partial charge >= 0.3 is 5.97 Å². The van der Waals surface area contributed by atoms with E-state index in [1.165, 1.54) is 30.3 Å². The second-order valence-electron chi connectivity index (χ2n) is 7.08. The third-order valence-electron chi connectivity index (χ3n) is 4.40. The van der Waals surface area contributed by atoms with E-state index < -0.39 is 33.5 Å². The summed E-state index contributed by atoms with van der Waals surface area (Å²) in [6.07, 6.45) is 0. The van der Waals surface area contributed by atoms with Crippen LogP contribution < -0.4 is 10.3 Å². The average Bonchev–Trinajstić information content (AvgIpc) is 2.70. The van der Waals surface area contributed by atoms with Crippen LogP contribution >= 0.6 is 23.2 Å². The molecule has 0 aliphatic rings. The van der Waals surface area contributed by atoms with Gasteiger partial charge in [0.25, 0.3) is 5.56 Å². The van der Waals surface area contributed by atoms with Crippen LogP contribution in [0.3, 0.4) is 0 Å². The van der Waals surface area contributed by atoms with Crippen molar-refractivity contribution in [3.8, 4) is 0 Å². The highest BCUT2D eigenvalue weighted by Crippen LogP contribution is 2.17. The van der Waals surface area contributed by atoms with Crippen LogP contribution in [0.5, 0.6) is 0 Å². The number of aromatic nitrogens is 2. The van der Waals surface area contributed by atoms with E-state index in [0.717, 1.165) is 0 Å². The SMILES string of the molecule is CC(C)[C@H](NS(=O)(=O)c1ccc(Cl)cc1)C(=O)OCc1nc2cc(Cl)ccc2c(=O)[nH]1. The van der Waals surface area contributed by atoms with Crippen molar-refractivity contribution in [3.63, 3.8) is 0 Å². The van der Waals surface area contributed by atoms with Crippen molar-refractivity contribution in [2.45, 2.75) is 31.4 Å². The number of sulfonamides is 1. The minimum absolute atomic E-state index is 0.0345. The van der Waals surface area contributed by atoms with E-state index in [0.29, 0.717) is 20.9 Å². The summed E-state index contributed by atoms with van der Waals surface area (Å²) in [7, 11) is -3.99. The zero-order valence-corrected chi connectivity index (χ0v) is 18.9. The largest absolute Gasteiger partial charge is 0.456 e. The van der Waals surface area contributed by atoms with Gasteiger partial charge in [0.15, 0.2) is 0 Å². The fraction of sp³-hybridized carbons (Fsp3) is 0.250. The van der Waals surface area contributed by atoms with Gasteiger partial charge in [-0.05, 0) is 48.4 Å². The van der Waals surface area contributed by atoms with Crippen molar-refractivity contribution in [2.75, 3.05) is 0 Å². The van der Waals surface area contributed by atoms with Gasteiger partial charge in [-0.25, -0.2) is 13.4 Å². The number of hydrogen-bond acceptors (Lipinski definition) is 6. The number of benzene rings is 2. The Hall–Kier alpha value is -2.46. The highest BCUT2D eigenvalue weighted by atomic mass is 35.5. The molecule has 2 N–H and O–H groups in total. The van der Waals surface area contributed by atoms with Gasteiger partial charge < -0.3 is 9.72 Å². The first-order valence-corrected chi connectivity index (χ1v) is 11.4. The lowest BCUT2D eigenvalue weighted by atomic mass is 10.1. The van der Waals surface area contributed by atoms with Gasteiger partial charge in [0.1, 0.15) is 18.5 Å². The number of rotatable bonds is 7. The molecule has 1 heterocycles. The molecule has 0 radical (unpaired) electrons. The molecule has 8 nitrogen and oxygen atoms in total. The number of H-pyrrole nitrogens is 1. The Kier molecular flexibility index (Phi) is 7.00. The molecular weight excluding hydrogens is 465 g/mol. The van der Waals surface area contributed by atoms with Crippen molar-refractivity contribution >= 4 is 50.1 Å². The predicted octanol–water partition coefficient (Wildman–Crippen LogP) is 3.28. The number of nitrogens with zero attached hydrogens (tertiary/aromatic N) is 1. The average molecular weight is 484 g/mol. The minimum atomic E-state index is -3.99. The van der Waals surface area contributed by atoms with Crippen LogP contribution in [-0.4, -0.2) is 30.4 Å². The molecule has 3 aromatic rings. The Morgan fingerprint density at radius 3 is 2.42 bits per heavy atom. The maximum atomic E-state index is 12.6. The Morgan fingerprint density at radius 2 is 1.77 bits per heavy atom. The summed E-state index contributed by atoms with van der Waals surface area (Å²) >= 11 is 11.7. The summed E-state index contributed by atoms with van der Waals surface area (Å²) in [6, 6.07) is 9.03. The molecule has 11 heteroatoms. The van der Waals surface area contributed by atoms with E-state index in [2.05, 4.69) is 14.7 Å². The fourth-order valence-corrected chi connectivity index (χ4v) is 4.39. The summed E-state index contributed by atoms with van der Waals surface area (Å²) in [5.41, 5.74) is -0.0530. The van der Waals surface area contributed by atoms with Crippen molar-refractivity contribution in [1.82, 2.24) is 14.7 Å². The molecule has 0 spiro atoms. The number of carbonyl (C=O) groups excluding carboxylic acids is 1. The van der Waals surface area contributed by atoms with E-state index in [9.17, 15) is 18.0 Å². The third kappa shape index (κ3) is 5.62. The molecule has 0 fully saturated rings. The van der Waals surface area contributed by atoms with Gasteiger partial charge in [0, 0.05) is 10.0 Å². The Labute approximate surface area is 188 Å². The summed E-state index contributed by atoms with van der Waals surface area (Å²) in [5.74, 6) is -1.10. The van der Waals surface area contributed by atoms with Gasteiger partial charge in [-0.15, -0.1) is 0 Å². The van der Waals surface area contributed by atoms with E-state index >= 15 is 0 Å². The van der Waals surface area contributed by atoms with Crippen LogP contribution in [0.15, 0.2) is 52.2 Å². The molecule has 0 unspecified atom stereocenters. The molecule has 164 valence electrons. The highest BCUT2D eigenvalue weighted by molar-refractivity contribution is 7.89. The van der Waals surface area contributed by atoms with Crippen molar-refractivity contribution in [2.24, 2.45) is 5.92 Å². The molecule has 31 heavy (non-hydrogen) atoms. The summed E-state index contributed by atoms with van der Waals surface area (Å²) in [4.78, 5) is 31.5. The molecule has 0 amide bonds. The molecule has 0 bridgehead atoms. The first kappa shape index (κ1) is 23.2. The molecule has 0 aliphatic carbocycles. The topological polar surface area (TPSA) is 118 Å². The number of carbonyl (C=O) groups is 1. The second-order valence-corrected chi connectivity index (χ2v) is 9.67. The molecule has 1 atom stereocenters. The summed E-state index contributed by atoms with van der Waals surface area (Å²) in [5, 5.41) is 1.14. The smallest absolute Gasteiger partial charge is 0.324 e. The normalized spacial score (nSPS) is 12.8. The van der Waals surface area contributed by atoms with Gasteiger partial charge in [0.05, 0.1) is 15.8 Å². The molecule has 0 saturated heterocycles. The first-order valence-electron chi connectivity index (χ1n) is 9.20. The minimum Gasteiger partial charge on any atom is -0.456 e. The number of esters is 1. The molecule has 0 aliphatic heterocycles. The maximum absolute atomic E-state index is 12.6.